The predicted octanol–water partition coefficient (Wildman–Crippen LogP) is 3.01. The van der Waals surface area contributed by atoms with Crippen LogP contribution in [0.1, 0.15) is 39.3 Å². The van der Waals surface area contributed by atoms with Crippen LogP contribution in [0.5, 0.6) is 5.75 Å². The summed E-state index contributed by atoms with van der Waals surface area (Å²) in [6.45, 7) is 7.78. The summed E-state index contributed by atoms with van der Waals surface area (Å²) in [5, 5.41) is 2.94. The molecule has 0 radical (unpaired) electrons. The van der Waals surface area contributed by atoms with Crippen LogP contribution in [0.15, 0.2) is 22.7 Å². The Kier molecular flexibility index (Phi) is 5.59. The van der Waals surface area contributed by atoms with E-state index in [4.69, 9.17) is 10.5 Å². The molecule has 20 heavy (non-hydrogen) atoms. The minimum absolute atomic E-state index is 0.113. The molecule has 0 aromatic heterocycles. The highest BCUT2D eigenvalue weighted by Gasteiger charge is 2.28. The third-order valence-corrected chi connectivity index (χ3v) is 3.87. The number of amides is 1. The molecular formula is C15H23BrN2O2. The van der Waals surface area contributed by atoms with Crippen molar-refractivity contribution in [2.45, 2.75) is 39.8 Å². The van der Waals surface area contributed by atoms with Gasteiger partial charge in [0.25, 0.3) is 0 Å². The molecule has 4 nitrogen and oxygen atoms in total. The van der Waals surface area contributed by atoms with E-state index in [2.05, 4.69) is 21.2 Å². The Hall–Kier alpha value is -1.07. The van der Waals surface area contributed by atoms with Crippen LogP contribution in [0.2, 0.25) is 0 Å². The first kappa shape index (κ1) is 17.0. The Morgan fingerprint density at radius 1 is 1.40 bits per heavy atom. The summed E-state index contributed by atoms with van der Waals surface area (Å²) in [5.41, 5.74) is 6.69. The van der Waals surface area contributed by atoms with Gasteiger partial charge in [0.1, 0.15) is 5.75 Å². The fourth-order valence-corrected chi connectivity index (χ4v) is 2.29. The quantitative estimate of drug-likeness (QED) is 0.883. The van der Waals surface area contributed by atoms with E-state index in [9.17, 15) is 4.79 Å². The molecule has 0 aliphatic rings. The number of nitrogens with two attached hydrogens (primary N) is 1. The van der Waals surface area contributed by atoms with Crippen molar-refractivity contribution in [1.29, 1.82) is 0 Å². The zero-order valence-corrected chi connectivity index (χ0v) is 14.2. The summed E-state index contributed by atoms with van der Waals surface area (Å²) in [4.78, 5) is 12.1. The SMILES string of the molecule is COc1ccc(C(C)NC(=O)C(N)C(C)(C)C)cc1Br. The Morgan fingerprint density at radius 2 is 2.00 bits per heavy atom. The minimum Gasteiger partial charge on any atom is -0.496 e. The van der Waals surface area contributed by atoms with E-state index in [1.807, 2.05) is 45.9 Å². The summed E-state index contributed by atoms with van der Waals surface area (Å²) < 4.78 is 6.05. The molecule has 1 amide bonds. The van der Waals surface area contributed by atoms with Crippen LogP contribution in [0.25, 0.3) is 0 Å². The van der Waals surface area contributed by atoms with Gasteiger partial charge in [-0.1, -0.05) is 26.8 Å². The third-order valence-electron chi connectivity index (χ3n) is 3.25. The third kappa shape index (κ3) is 4.21. The Balaban J connectivity index is 2.79. The lowest BCUT2D eigenvalue weighted by molar-refractivity contribution is -0.125. The lowest BCUT2D eigenvalue weighted by atomic mass is 9.86. The molecule has 0 bridgehead atoms. The van der Waals surface area contributed by atoms with Crippen LogP contribution in [0, 0.1) is 5.41 Å². The van der Waals surface area contributed by atoms with E-state index in [0.717, 1.165) is 15.8 Å². The first-order valence-electron chi connectivity index (χ1n) is 6.56. The van der Waals surface area contributed by atoms with Gasteiger partial charge in [0.2, 0.25) is 5.91 Å². The number of benzene rings is 1. The number of hydrogen-bond donors (Lipinski definition) is 2. The maximum Gasteiger partial charge on any atom is 0.237 e. The second-order valence-corrected chi connectivity index (χ2v) is 6.82. The molecule has 0 saturated carbocycles. The van der Waals surface area contributed by atoms with Gasteiger partial charge in [-0.05, 0) is 46.0 Å². The molecule has 0 fully saturated rings. The zero-order chi connectivity index (χ0) is 15.5. The average molecular weight is 343 g/mol. The van der Waals surface area contributed by atoms with Crippen LogP contribution in [-0.4, -0.2) is 19.1 Å². The number of hydrogen-bond acceptors (Lipinski definition) is 3. The fourth-order valence-electron chi connectivity index (χ4n) is 1.73. The van der Waals surface area contributed by atoms with E-state index >= 15 is 0 Å². The largest absolute Gasteiger partial charge is 0.496 e. The van der Waals surface area contributed by atoms with Crippen molar-refractivity contribution in [2.75, 3.05) is 7.11 Å². The second kappa shape index (κ2) is 6.59. The standard InChI is InChI=1S/C15H23BrN2O2/c1-9(18-14(19)13(17)15(2,3)4)10-6-7-12(20-5)11(16)8-10/h6-9,13H,17H2,1-5H3,(H,18,19). The number of rotatable bonds is 4. The van der Waals surface area contributed by atoms with Gasteiger partial charge in [-0.2, -0.15) is 0 Å². The van der Waals surface area contributed by atoms with E-state index < -0.39 is 6.04 Å². The van der Waals surface area contributed by atoms with Crippen molar-refractivity contribution in [3.05, 3.63) is 28.2 Å². The molecule has 5 heteroatoms. The minimum atomic E-state index is -0.536. The van der Waals surface area contributed by atoms with Gasteiger partial charge in [-0.25, -0.2) is 0 Å². The van der Waals surface area contributed by atoms with Crippen molar-refractivity contribution in [3.8, 4) is 5.75 Å². The molecule has 3 N–H and O–H groups in total. The van der Waals surface area contributed by atoms with Crippen LogP contribution in [0.4, 0.5) is 0 Å². The van der Waals surface area contributed by atoms with Gasteiger partial charge >= 0.3 is 0 Å². The molecular weight excluding hydrogens is 320 g/mol. The molecule has 1 aromatic rings. The van der Waals surface area contributed by atoms with Gasteiger partial charge in [0.15, 0.2) is 0 Å². The lowest BCUT2D eigenvalue weighted by Gasteiger charge is -2.27. The lowest BCUT2D eigenvalue weighted by Crippen LogP contribution is -2.49. The zero-order valence-electron chi connectivity index (χ0n) is 12.7. The van der Waals surface area contributed by atoms with Gasteiger partial charge in [-0.15, -0.1) is 0 Å². The summed E-state index contributed by atoms with van der Waals surface area (Å²) in [7, 11) is 1.62. The first-order valence-corrected chi connectivity index (χ1v) is 7.35. The highest BCUT2D eigenvalue weighted by molar-refractivity contribution is 9.10. The van der Waals surface area contributed by atoms with Crippen LogP contribution >= 0.6 is 15.9 Å². The topological polar surface area (TPSA) is 64.3 Å². The van der Waals surface area contributed by atoms with Gasteiger partial charge in [0, 0.05) is 0 Å². The monoisotopic (exact) mass is 342 g/mol. The number of halogens is 1. The molecule has 112 valence electrons. The summed E-state index contributed by atoms with van der Waals surface area (Å²) in [6.07, 6.45) is 0. The molecule has 1 rings (SSSR count). The molecule has 2 unspecified atom stereocenters. The average Bonchev–Trinajstić information content (AvgIpc) is 2.36. The number of methoxy groups -OCH3 is 1. The molecule has 2 atom stereocenters. The molecule has 0 saturated heterocycles. The summed E-state index contributed by atoms with van der Waals surface area (Å²) >= 11 is 3.44. The van der Waals surface area contributed by atoms with Crippen LogP contribution in [0.3, 0.4) is 0 Å². The van der Waals surface area contributed by atoms with E-state index in [0.29, 0.717) is 0 Å². The highest BCUT2D eigenvalue weighted by atomic mass is 79.9. The second-order valence-electron chi connectivity index (χ2n) is 5.97. The van der Waals surface area contributed by atoms with Gasteiger partial charge < -0.3 is 15.8 Å². The molecule has 1 aromatic carbocycles. The Labute approximate surface area is 129 Å². The highest BCUT2D eigenvalue weighted by Crippen LogP contribution is 2.28. The number of ether oxygens (including phenoxy) is 1. The predicted molar refractivity (Wildman–Crippen MR) is 84.7 cm³/mol. The maximum absolute atomic E-state index is 12.1. The number of carbonyl (C=O) groups excluding carboxylic acids is 1. The Morgan fingerprint density at radius 3 is 2.45 bits per heavy atom. The van der Waals surface area contributed by atoms with E-state index in [1.165, 1.54) is 0 Å². The molecule has 0 spiro atoms. The van der Waals surface area contributed by atoms with Crippen LogP contribution < -0.4 is 15.8 Å². The van der Waals surface area contributed by atoms with Crippen molar-refractivity contribution in [1.82, 2.24) is 5.32 Å². The summed E-state index contributed by atoms with van der Waals surface area (Å²) in [6, 6.07) is 5.08. The van der Waals surface area contributed by atoms with Crippen molar-refractivity contribution in [2.24, 2.45) is 11.1 Å². The normalized spacial score (nSPS) is 14.6. The maximum atomic E-state index is 12.1. The molecule has 0 aliphatic carbocycles. The van der Waals surface area contributed by atoms with Gasteiger partial charge in [0.05, 0.1) is 23.7 Å². The molecule has 0 heterocycles. The first-order chi connectivity index (χ1) is 9.16. The Bertz CT molecular complexity index is 483. The van der Waals surface area contributed by atoms with Crippen molar-refractivity contribution < 1.29 is 9.53 Å². The van der Waals surface area contributed by atoms with Crippen molar-refractivity contribution in [3.63, 3.8) is 0 Å². The van der Waals surface area contributed by atoms with E-state index in [1.54, 1.807) is 7.11 Å². The molecule has 0 aliphatic heterocycles. The summed E-state index contributed by atoms with van der Waals surface area (Å²) in [5.74, 6) is 0.621. The number of nitrogens with one attached hydrogen (secondary N) is 1. The van der Waals surface area contributed by atoms with Crippen LogP contribution in [-0.2, 0) is 4.79 Å². The number of carbonyl (C=O) groups is 1. The van der Waals surface area contributed by atoms with Gasteiger partial charge in [-0.3, -0.25) is 4.79 Å². The van der Waals surface area contributed by atoms with Crippen molar-refractivity contribution >= 4 is 21.8 Å². The van der Waals surface area contributed by atoms with E-state index in [-0.39, 0.29) is 17.4 Å². The fraction of sp³-hybridized carbons (Fsp3) is 0.533. The smallest absolute Gasteiger partial charge is 0.237 e.